The van der Waals surface area contributed by atoms with Crippen LogP contribution in [0.4, 0.5) is 16.4 Å². The third-order valence-electron chi connectivity index (χ3n) is 7.27. The minimum atomic E-state index is -0.564. The number of carbonyl (C=O) groups is 1. The Hall–Kier alpha value is -3.93. The maximum Gasteiger partial charge on any atom is 0.410 e. The molecule has 9 heteroatoms. The van der Waals surface area contributed by atoms with Gasteiger partial charge in [0.1, 0.15) is 22.9 Å². The summed E-state index contributed by atoms with van der Waals surface area (Å²) in [6.07, 6.45) is 5.22. The Kier molecular flexibility index (Phi) is 6.38. The molecule has 1 aliphatic heterocycles. The lowest BCUT2D eigenvalue weighted by Crippen LogP contribution is -2.46. The Bertz CT molecular complexity index is 1510. The molecule has 9 nitrogen and oxygen atoms in total. The van der Waals surface area contributed by atoms with Crippen molar-refractivity contribution in [1.29, 1.82) is 5.26 Å². The lowest BCUT2D eigenvalue weighted by atomic mass is 9.78. The van der Waals surface area contributed by atoms with Crippen LogP contribution in [0.15, 0.2) is 35.3 Å². The summed E-state index contributed by atoms with van der Waals surface area (Å²) in [4.78, 5) is 36.9. The molecule has 1 fully saturated rings. The second-order valence-corrected chi connectivity index (χ2v) is 12.0. The zero-order valence-corrected chi connectivity index (χ0v) is 22.7. The van der Waals surface area contributed by atoms with Crippen molar-refractivity contribution in [2.24, 2.45) is 0 Å². The number of nitrogens with zero attached hydrogens (tertiary/aromatic N) is 5. The molecule has 1 amide bonds. The summed E-state index contributed by atoms with van der Waals surface area (Å²) in [5.74, 6) is 0.368. The summed E-state index contributed by atoms with van der Waals surface area (Å²) < 4.78 is 7.32. The number of pyridine rings is 1. The number of rotatable bonds is 3. The number of ether oxygens (including phenoxy) is 1. The summed E-state index contributed by atoms with van der Waals surface area (Å²) >= 11 is 0. The summed E-state index contributed by atoms with van der Waals surface area (Å²) in [6, 6.07) is 9.71. The van der Waals surface area contributed by atoms with E-state index < -0.39 is 5.60 Å². The summed E-state index contributed by atoms with van der Waals surface area (Å²) in [5, 5.41) is 13.4. The molecule has 0 unspecified atom stereocenters. The van der Waals surface area contributed by atoms with E-state index in [-0.39, 0.29) is 28.7 Å². The van der Waals surface area contributed by atoms with Gasteiger partial charge in [0.15, 0.2) is 0 Å². The van der Waals surface area contributed by atoms with E-state index in [9.17, 15) is 14.9 Å². The largest absolute Gasteiger partial charge is 0.444 e. The molecule has 1 aliphatic carbocycles. The average Bonchev–Trinajstić information content (AvgIpc) is 3.36. The Balaban J connectivity index is 1.48. The van der Waals surface area contributed by atoms with Gasteiger partial charge in [-0.2, -0.15) is 10.2 Å². The molecule has 0 spiro atoms. The van der Waals surface area contributed by atoms with E-state index in [2.05, 4.69) is 30.2 Å². The second-order valence-electron chi connectivity index (χ2n) is 12.0. The topological polar surface area (TPSA) is 113 Å². The highest BCUT2D eigenvalue weighted by Gasteiger charge is 2.35. The number of fused-ring (bicyclic) bond motifs is 2. The number of carbonyl (C=O) groups excluding carboxylic acids is 1. The lowest BCUT2D eigenvalue weighted by molar-refractivity contribution is 0.0174. The smallest absolute Gasteiger partial charge is 0.410 e. The molecule has 198 valence electrons. The van der Waals surface area contributed by atoms with E-state index in [1.807, 2.05) is 39.0 Å². The quantitative estimate of drug-likeness (QED) is 0.487. The van der Waals surface area contributed by atoms with Crippen LogP contribution in [-0.4, -0.2) is 37.7 Å². The molecule has 3 heterocycles. The van der Waals surface area contributed by atoms with E-state index in [1.54, 1.807) is 21.7 Å². The van der Waals surface area contributed by atoms with Crippen molar-refractivity contribution in [1.82, 2.24) is 19.4 Å². The molecule has 2 aromatic heterocycles. The minimum absolute atomic E-state index is 0.0332. The minimum Gasteiger partial charge on any atom is -0.444 e. The molecule has 38 heavy (non-hydrogen) atoms. The highest BCUT2D eigenvalue weighted by atomic mass is 16.6. The van der Waals surface area contributed by atoms with Crippen molar-refractivity contribution in [3.8, 4) is 6.07 Å². The Morgan fingerprint density at radius 1 is 1.21 bits per heavy atom. The standard InChI is InChI=1S/C29H34N6O3/c1-28(2,3)38-27(37)34-16-20-13-21(10-11-23(20)29(4,5)17-34)32-26-31-15-19-12-18(14-30)25(36)35(24(19)33-26)22-8-6-7-9-22/h10-13,15,22H,6-9,16-17H2,1-5H3,(H,31,32,33). The highest BCUT2D eigenvalue weighted by molar-refractivity contribution is 5.77. The average molecular weight is 515 g/mol. The summed E-state index contributed by atoms with van der Waals surface area (Å²) in [6.45, 7) is 10.9. The second kappa shape index (κ2) is 9.43. The number of amides is 1. The van der Waals surface area contributed by atoms with Crippen molar-refractivity contribution in [3.63, 3.8) is 0 Å². The molecule has 0 saturated heterocycles. The van der Waals surface area contributed by atoms with Crippen LogP contribution >= 0.6 is 0 Å². The molecular formula is C29H34N6O3. The van der Waals surface area contributed by atoms with Gasteiger partial charge < -0.3 is 15.0 Å². The van der Waals surface area contributed by atoms with Gasteiger partial charge in [0, 0.05) is 41.8 Å². The van der Waals surface area contributed by atoms with Crippen LogP contribution in [0.5, 0.6) is 0 Å². The fourth-order valence-corrected chi connectivity index (χ4v) is 5.63. The molecule has 1 N–H and O–H groups in total. The molecule has 0 bridgehead atoms. The van der Waals surface area contributed by atoms with Crippen LogP contribution in [0.1, 0.15) is 83.0 Å². The molecule has 0 radical (unpaired) electrons. The van der Waals surface area contributed by atoms with Crippen LogP contribution in [0.2, 0.25) is 0 Å². The van der Waals surface area contributed by atoms with Crippen molar-refractivity contribution in [3.05, 3.63) is 57.5 Å². The highest BCUT2D eigenvalue weighted by Crippen LogP contribution is 2.36. The van der Waals surface area contributed by atoms with Gasteiger partial charge in [0.25, 0.3) is 5.56 Å². The normalized spacial score (nSPS) is 17.2. The number of hydrogen-bond acceptors (Lipinski definition) is 7. The summed E-state index contributed by atoms with van der Waals surface area (Å²) in [7, 11) is 0. The van der Waals surface area contributed by atoms with E-state index in [0.717, 1.165) is 36.9 Å². The van der Waals surface area contributed by atoms with Gasteiger partial charge in [-0.15, -0.1) is 0 Å². The van der Waals surface area contributed by atoms with Gasteiger partial charge in [0.2, 0.25) is 5.95 Å². The Labute approximate surface area is 222 Å². The van der Waals surface area contributed by atoms with Crippen molar-refractivity contribution in [2.45, 2.75) is 83.9 Å². The summed E-state index contributed by atoms with van der Waals surface area (Å²) in [5.41, 5.74) is 2.54. The van der Waals surface area contributed by atoms with E-state index >= 15 is 0 Å². The van der Waals surface area contributed by atoms with E-state index in [1.165, 1.54) is 5.56 Å². The van der Waals surface area contributed by atoms with Gasteiger partial charge in [-0.3, -0.25) is 9.36 Å². The van der Waals surface area contributed by atoms with Crippen LogP contribution < -0.4 is 10.9 Å². The fraction of sp³-hybridized carbons (Fsp3) is 0.483. The zero-order valence-electron chi connectivity index (χ0n) is 22.7. The maximum atomic E-state index is 13.1. The van der Waals surface area contributed by atoms with E-state index in [0.29, 0.717) is 30.1 Å². The third-order valence-corrected chi connectivity index (χ3v) is 7.27. The first-order chi connectivity index (χ1) is 17.9. The van der Waals surface area contributed by atoms with Gasteiger partial charge in [0.05, 0.1) is 0 Å². The monoisotopic (exact) mass is 514 g/mol. The number of anilines is 2. The van der Waals surface area contributed by atoms with Crippen LogP contribution in [-0.2, 0) is 16.7 Å². The number of nitriles is 1. The first-order valence-electron chi connectivity index (χ1n) is 13.2. The molecule has 1 aromatic carbocycles. The van der Waals surface area contributed by atoms with Crippen LogP contribution in [0, 0.1) is 11.3 Å². The molecule has 0 atom stereocenters. The van der Waals surface area contributed by atoms with E-state index in [4.69, 9.17) is 9.72 Å². The SMILES string of the molecule is CC(C)(C)OC(=O)N1Cc2cc(Nc3ncc4cc(C#N)c(=O)n(C5CCCC5)c4n3)ccc2C(C)(C)C1. The Morgan fingerprint density at radius 2 is 1.95 bits per heavy atom. The van der Waals surface area contributed by atoms with Crippen molar-refractivity contribution < 1.29 is 9.53 Å². The van der Waals surface area contributed by atoms with Crippen LogP contribution in [0.3, 0.4) is 0 Å². The Morgan fingerprint density at radius 3 is 2.63 bits per heavy atom. The lowest BCUT2D eigenvalue weighted by Gasteiger charge is -2.40. The number of benzene rings is 1. The van der Waals surface area contributed by atoms with Gasteiger partial charge in [-0.1, -0.05) is 32.8 Å². The number of aromatic nitrogens is 3. The first kappa shape index (κ1) is 25.7. The van der Waals surface area contributed by atoms with Gasteiger partial charge in [-0.05, 0) is 62.9 Å². The molecule has 1 saturated carbocycles. The third kappa shape index (κ3) is 4.95. The number of nitrogens with one attached hydrogen (secondary N) is 1. The van der Waals surface area contributed by atoms with Gasteiger partial charge in [-0.25, -0.2) is 9.78 Å². The predicted molar refractivity (Wildman–Crippen MR) is 145 cm³/mol. The molecular weight excluding hydrogens is 480 g/mol. The zero-order chi connectivity index (χ0) is 27.2. The maximum absolute atomic E-state index is 13.1. The fourth-order valence-electron chi connectivity index (χ4n) is 5.63. The molecule has 2 aliphatic rings. The van der Waals surface area contributed by atoms with Crippen molar-refractivity contribution >= 4 is 28.8 Å². The molecule has 3 aromatic rings. The first-order valence-corrected chi connectivity index (χ1v) is 13.2. The predicted octanol–water partition coefficient (Wildman–Crippen LogP) is 5.55. The van der Waals surface area contributed by atoms with Gasteiger partial charge >= 0.3 is 6.09 Å². The van der Waals surface area contributed by atoms with Crippen LogP contribution in [0.25, 0.3) is 11.0 Å². The number of hydrogen-bond donors (Lipinski definition) is 1. The molecule has 5 rings (SSSR count). The van der Waals surface area contributed by atoms with Crippen molar-refractivity contribution in [2.75, 3.05) is 11.9 Å².